The number of pyridine rings is 1. The van der Waals surface area contributed by atoms with Gasteiger partial charge in [-0.25, -0.2) is 4.98 Å². The first-order valence-corrected chi connectivity index (χ1v) is 9.63. The van der Waals surface area contributed by atoms with Crippen molar-refractivity contribution in [1.29, 1.82) is 0 Å². The number of methoxy groups -OCH3 is 1. The number of nitrogens with one attached hydrogen (secondary N) is 2. The van der Waals surface area contributed by atoms with E-state index < -0.39 is 0 Å². The van der Waals surface area contributed by atoms with Crippen LogP contribution >= 0.6 is 11.6 Å². The molecule has 4 aromatic rings. The molecular formula is C23H20ClN3O2. The van der Waals surface area contributed by atoms with E-state index in [1.165, 1.54) is 0 Å². The molecule has 2 heterocycles. The zero-order valence-corrected chi connectivity index (χ0v) is 16.6. The minimum absolute atomic E-state index is 0.0756. The van der Waals surface area contributed by atoms with Crippen LogP contribution in [0.25, 0.3) is 10.9 Å². The third-order valence-corrected chi connectivity index (χ3v) is 5.12. The summed E-state index contributed by atoms with van der Waals surface area (Å²) in [5.74, 6) is 0.498. The first-order chi connectivity index (χ1) is 14.1. The molecule has 146 valence electrons. The van der Waals surface area contributed by atoms with Crippen LogP contribution in [0.1, 0.15) is 23.5 Å². The highest BCUT2D eigenvalue weighted by Gasteiger charge is 2.22. The molecule has 0 fully saturated rings. The van der Waals surface area contributed by atoms with Gasteiger partial charge in [0.05, 0.1) is 7.11 Å². The fourth-order valence-electron chi connectivity index (χ4n) is 3.46. The Hall–Kier alpha value is -3.31. The molecule has 6 heteroatoms. The van der Waals surface area contributed by atoms with Crippen LogP contribution < -0.4 is 10.1 Å². The molecule has 0 aliphatic carbocycles. The fourth-order valence-corrected chi connectivity index (χ4v) is 3.57. The quantitative estimate of drug-likeness (QED) is 0.423. The van der Waals surface area contributed by atoms with Crippen LogP contribution in [0.15, 0.2) is 73.1 Å². The number of para-hydroxylation sites is 1. The molecule has 4 rings (SSSR count). The van der Waals surface area contributed by atoms with Crippen LogP contribution in [0.5, 0.6) is 5.75 Å². The van der Waals surface area contributed by atoms with Gasteiger partial charge >= 0.3 is 0 Å². The molecule has 5 nitrogen and oxygen atoms in total. The molecule has 2 aromatic heterocycles. The number of rotatable bonds is 6. The zero-order valence-electron chi connectivity index (χ0n) is 15.9. The number of aromatic amines is 1. The van der Waals surface area contributed by atoms with Crippen LogP contribution in [0.3, 0.4) is 0 Å². The Morgan fingerprint density at radius 1 is 1.17 bits per heavy atom. The van der Waals surface area contributed by atoms with Crippen LogP contribution in [0, 0.1) is 0 Å². The number of H-pyrrole nitrogens is 1. The van der Waals surface area contributed by atoms with Crippen molar-refractivity contribution in [1.82, 2.24) is 9.97 Å². The minimum Gasteiger partial charge on any atom is -0.497 e. The summed E-state index contributed by atoms with van der Waals surface area (Å²) in [4.78, 5) is 20.3. The molecule has 0 saturated heterocycles. The van der Waals surface area contributed by atoms with Crippen molar-refractivity contribution < 1.29 is 9.53 Å². The largest absolute Gasteiger partial charge is 0.497 e. The number of ether oxygens (including phenoxy) is 1. The van der Waals surface area contributed by atoms with E-state index in [0.29, 0.717) is 5.15 Å². The average molecular weight is 406 g/mol. The molecule has 0 bridgehead atoms. The van der Waals surface area contributed by atoms with Crippen LogP contribution in [-0.2, 0) is 4.79 Å². The van der Waals surface area contributed by atoms with Crippen molar-refractivity contribution >= 4 is 34.1 Å². The van der Waals surface area contributed by atoms with E-state index in [2.05, 4.69) is 15.3 Å². The predicted molar refractivity (Wildman–Crippen MR) is 116 cm³/mol. The summed E-state index contributed by atoms with van der Waals surface area (Å²) < 4.78 is 5.38. The van der Waals surface area contributed by atoms with Gasteiger partial charge in [0.2, 0.25) is 5.91 Å². The van der Waals surface area contributed by atoms with E-state index >= 15 is 0 Å². The SMILES string of the molecule is COc1ccc2[nH]cc(C(CC(=O)Nc3ccccc3)c3ccc(Cl)nc3)c2c1. The molecule has 2 N–H and O–H groups in total. The lowest BCUT2D eigenvalue weighted by Gasteiger charge is -2.17. The number of benzene rings is 2. The van der Waals surface area contributed by atoms with E-state index in [-0.39, 0.29) is 18.2 Å². The molecule has 1 amide bonds. The topological polar surface area (TPSA) is 67.0 Å². The maximum atomic E-state index is 12.8. The number of nitrogens with zero attached hydrogens (tertiary/aromatic N) is 1. The molecule has 0 aliphatic heterocycles. The van der Waals surface area contributed by atoms with Crippen molar-refractivity contribution in [2.24, 2.45) is 0 Å². The first kappa shape index (κ1) is 19.0. The molecule has 2 aromatic carbocycles. The Kier molecular flexibility index (Phi) is 5.49. The van der Waals surface area contributed by atoms with Crippen LogP contribution in [-0.4, -0.2) is 23.0 Å². The van der Waals surface area contributed by atoms with Gasteiger partial charge in [0.1, 0.15) is 10.9 Å². The maximum absolute atomic E-state index is 12.8. The standard InChI is InChI=1S/C23H20ClN3O2/c1-29-17-8-9-21-19(11-17)20(14-25-21)18(15-7-10-22(24)26-13-15)12-23(28)27-16-5-3-2-4-6-16/h2-11,13-14,18,25H,12H2,1H3,(H,27,28). The molecular weight excluding hydrogens is 386 g/mol. The number of aromatic nitrogens is 2. The Labute approximate surface area is 173 Å². The van der Waals surface area contributed by atoms with Crippen LogP contribution in [0.2, 0.25) is 5.15 Å². The van der Waals surface area contributed by atoms with Gasteiger partial charge < -0.3 is 15.0 Å². The Balaban J connectivity index is 1.71. The number of hydrogen-bond donors (Lipinski definition) is 2. The second-order valence-corrected chi connectivity index (χ2v) is 7.13. The fraction of sp³-hybridized carbons (Fsp3) is 0.130. The van der Waals surface area contributed by atoms with Crippen LogP contribution in [0.4, 0.5) is 5.69 Å². The molecule has 0 spiro atoms. The van der Waals surface area contributed by atoms with E-state index in [1.807, 2.05) is 60.8 Å². The van der Waals surface area contributed by atoms with Gasteiger partial charge in [0, 0.05) is 41.3 Å². The number of carbonyl (C=O) groups excluding carboxylic acids is 1. The van der Waals surface area contributed by atoms with Crippen molar-refractivity contribution in [3.63, 3.8) is 0 Å². The van der Waals surface area contributed by atoms with Gasteiger partial charge in [-0.2, -0.15) is 0 Å². The normalized spacial score (nSPS) is 11.9. The highest BCUT2D eigenvalue weighted by molar-refractivity contribution is 6.29. The van der Waals surface area contributed by atoms with Crippen molar-refractivity contribution in [3.8, 4) is 5.75 Å². The average Bonchev–Trinajstić information content (AvgIpc) is 3.16. The lowest BCUT2D eigenvalue weighted by molar-refractivity contribution is -0.116. The number of anilines is 1. The smallest absolute Gasteiger partial charge is 0.225 e. The number of halogens is 1. The van der Waals surface area contributed by atoms with E-state index in [0.717, 1.165) is 33.5 Å². The minimum atomic E-state index is -0.190. The van der Waals surface area contributed by atoms with Crippen molar-refractivity contribution in [2.45, 2.75) is 12.3 Å². The summed E-state index contributed by atoms with van der Waals surface area (Å²) >= 11 is 5.98. The van der Waals surface area contributed by atoms with E-state index in [9.17, 15) is 4.79 Å². The lowest BCUT2D eigenvalue weighted by Crippen LogP contribution is -2.16. The summed E-state index contributed by atoms with van der Waals surface area (Å²) in [7, 11) is 1.64. The third-order valence-electron chi connectivity index (χ3n) is 4.90. The highest BCUT2D eigenvalue weighted by atomic mass is 35.5. The van der Waals surface area contributed by atoms with E-state index in [1.54, 1.807) is 19.4 Å². The molecule has 1 unspecified atom stereocenters. The summed E-state index contributed by atoms with van der Waals surface area (Å²) in [6.45, 7) is 0. The summed E-state index contributed by atoms with van der Waals surface area (Å²) in [5, 5.41) is 4.40. The molecule has 29 heavy (non-hydrogen) atoms. The molecule has 0 aliphatic rings. The Morgan fingerprint density at radius 3 is 2.72 bits per heavy atom. The first-order valence-electron chi connectivity index (χ1n) is 9.25. The number of carbonyl (C=O) groups is 1. The number of hydrogen-bond acceptors (Lipinski definition) is 3. The van der Waals surface area contributed by atoms with Gasteiger partial charge in [-0.1, -0.05) is 35.9 Å². The van der Waals surface area contributed by atoms with E-state index in [4.69, 9.17) is 16.3 Å². The van der Waals surface area contributed by atoms with Gasteiger partial charge in [-0.3, -0.25) is 4.79 Å². The van der Waals surface area contributed by atoms with Gasteiger partial charge in [-0.15, -0.1) is 0 Å². The molecule has 1 atom stereocenters. The highest BCUT2D eigenvalue weighted by Crippen LogP contribution is 2.35. The monoisotopic (exact) mass is 405 g/mol. The van der Waals surface area contributed by atoms with Gasteiger partial charge in [0.15, 0.2) is 0 Å². The number of amides is 1. The Bertz CT molecular complexity index is 1120. The summed E-state index contributed by atoms with van der Waals surface area (Å²) in [6, 6.07) is 18.9. The summed E-state index contributed by atoms with van der Waals surface area (Å²) in [5.41, 5.74) is 3.68. The predicted octanol–water partition coefficient (Wildman–Crippen LogP) is 5.39. The second-order valence-electron chi connectivity index (χ2n) is 6.74. The van der Waals surface area contributed by atoms with Crippen molar-refractivity contribution in [3.05, 3.63) is 89.3 Å². The van der Waals surface area contributed by atoms with Gasteiger partial charge in [0.25, 0.3) is 0 Å². The second kappa shape index (κ2) is 8.37. The molecule has 0 radical (unpaired) electrons. The Morgan fingerprint density at radius 2 is 2.00 bits per heavy atom. The number of fused-ring (bicyclic) bond motifs is 1. The zero-order chi connectivity index (χ0) is 20.2. The lowest BCUT2D eigenvalue weighted by atomic mass is 9.89. The van der Waals surface area contributed by atoms with Crippen molar-refractivity contribution in [2.75, 3.05) is 12.4 Å². The summed E-state index contributed by atoms with van der Waals surface area (Å²) in [6.07, 6.45) is 3.93. The third kappa shape index (κ3) is 4.25. The maximum Gasteiger partial charge on any atom is 0.225 e. The molecule has 0 saturated carbocycles. The van der Waals surface area contributed by atoms with Gasteiger partial charge in [-0.05, 0) is 47.5 Å².